The predicted octanol–water partition coefficient (Wildman–Crippen LogP) is 1.71. The largest absolute Gasteiger partial charge is 0.497 e. The highest BCUT2D eigenvalue weighted by molar-refractivity contribution is 5.75. The van der Waals surface area contributed by atoms with Gasteiger partial charge in [0.05, 0.1) is 13.2 Å². The maximum Gasteiger partial charge on any atom is 0.325 e. The minimum Gasteiger partial charge on any atom is -0.497 e. The zero-order valence-electron chi connectivity index (χ0n) is 11.6. The van der Waals surface area contributed by atoms with E-state index in [2.05, 4.69) is 5.32 Å². The second-order valence-electron chi connectivity index (χ2n) is 5.22. The smallest absolute Gasteiger partial charge is 0.325 e. The zero-order chi connectivity index (χ0) is 14.5. The SMILES string of the molecule is COc1ccc(C(NC2CCC(O)CC2)C(=O)O)cc1. The lowest BCUT2D eigenvalue weighted by Gasteiger charge is -2.29. The van der Waals surface area contributed by atoms with Gasteiger partial charge in [-0.2, -0.15) is 0 Å². The Kier molecular flexibility index (Phi) is 4.98. The van der Waals surface area contributed by atoms with Crippen LogP contribution >= 0.6 is 0 Å². The normalized spacial score (nSPS) is 24.1. The molecule has 1 saturated carbocycles. The van der Waals surface area contributed by atoms with Gasteiger partial charge in [0.25, 0.3) is 0 Å². The standard InChI is InChI=1S/C15H21NO4/c1-20-13-8-2-10(3-9-13)14(15(18)19)16-11-4-6-12(17)7-5-11/h2-3,8-9,11-12,14,16-17H,4-7H2,1H3,(H,18,19). The Labute approximate surface area is 118 Å². The highest BCUT2D eigenvalue weighted by atomic mass is 16.5. The van der Waals surface area contributed by atoms with Crippen LogP contribution in [0.2, 0.25) is 0 Å². The third kappa shape index (κ3) is 3.71. The van der Waals surface area contributed by atoms with Gasteiger partial charge >= 0.3 is 5.97 Å². The van der Waals surface area contributed by atoms with Crippen LogP contribution < -0.4 is 10.1 Å². The predicted molar refractivity (Wildman–Crippen MR) is 74.8 cm³/mol. The quantitative estimate of drug-likeness (QED) is 0.765. The Hall–Kier alpha value is -1.59. The molecule has 5 nitrogen and oxygen atoms in total. The molecule has 0 bridgehead atoms. The molecule has 20 heavy (non-hydrogen) atoms. The first-order valence-electron chi connectivity index (χ1n) is 6.91. The number of hydrogen-bond acceptors (Lipinski definition) is 4. The van der Waals surface area contributed by atoms with Crippen molar-refractivity contribution in [3.63, 3.8) is 0 Å². The topological polar surface area (TPSA) is 78.8 Å². The average molecular weight is 279 g/mol. The van der Waals surface area contributed by atoms with Gasteiger partial charge in [-0.15, -0.1) is 0 Å². The van der Waals surface area contributed by atoms with Crippen molar-refractivity contribution in [2.24, 2.45) is 0 Å². The van der Waals surface area contributed by atoms with Crippen LogP contribution in [-0.4, -0.2) is 35.4 Å². The lowest BCUT2D eigenvalue weighted by Crippen LogP contribution is -2.40. The van der Waals surface area contributed by atoms with Crippen molar-refractivity contribution >= 4 is 5.97 Å². The molecule has 1 unspecified atom stereocenters. The summed E-state index contributed by atoms with van der Waals surface area (Å²) in [6.07, 6.45) is 2.83. The van der Waals surface area contributed by atoms with E-state index in [0.29, 0.717) is 11.3 Å². The lowest BCUT2D eigenvalue weighted by molar-refractivity contribution is -0.140. The number of nitrogens with one attached hydrogen (secondary N) is 1. The number of ether oxygens (including phenoxy) is 1. The average Bonchev–Trinajstić information content (AvgIpc) is 2.46. The zero-order valence-corrected chi connectivity index (χ0v) is 11.6. The first kappa shape index (κ1) is 14.8. The first-order valence-corrected chi connectivity index (χ1v) is 6.91. The molecule has 0 spiro atoms. The summed E-state index contributed by atoms with van der Waals surface area (Å²) in [6.45, 7) is 0. The molecular weight excluding hydrogens is 258 g/mol. The van der Waals surface area contributed by atoms with E-state index in [1.807, 2.05) is 0 Å². The van der Waals surface area contributed by atoms with Gasteiger partial charge < -0.3 is 14.9 Å². The second kappa shape index (κ2) is 6.72. The van der Waals surface area contributed by atoms with Crippen LogP contribution in [-0.2, 0) is 4.79 Å². The number of aliphatic hydroxyl groups is 1. The second-order valence-corrected chi connectivity index (χ2v) is 5.22. The van der Waals surface area contributed by atoms with Crippen LogP contribution in [0.4, 0.5) is 0 Å². The van der Waals surface area contributed by atoms with Crippen molar-refractivity contribution in [1.29, 1.82) is 0 Å². The van der Waals surface area contributed by atoms with E-state index in [1.165, 1.54) is 0 Å². The van der Waals surface area contributed by atoms with Crippen LogP contribution in [0.15, 0.2) is 24.3 Å². The van der Waals surface area contributed by atoms with E-state index < -0.39 is 12.0 Å². The van der Waals surface area contributed by atoms with Crippen LogP contribution in [0.25, 0.3) is 0 Å². The molecule has 3 N–H and O–H groups in total. The van der Waals surface area contributed by atoms with E-state index in [0.717, 1.165) is 25.7 Å². The van der Waals surface area contributed by atoms with E-state index in [-0.39, 0.29) is 12.1 Å². The summed E-state index contributed by atoms with van der Waals surface area (Å²) >= 11 is 0. The number of carbonyl (C=O) groups is 1. The van der Waals surface area contributed by atoms with E-state index in [1.54, 1.807) is 31.4 Å². The summed E-state index contributed by atoms with van der Waals surface area (Å²) in [4.78, 5) is 11.4. The summed E-state index contributed by atoms with van der Waals surface area (Å²) in [6, 6.07) is 6.47. The van der Waals surface area contributed by atoms with Gasteiger partial charge in [0.2, 0.25) is 0 Å². The number of carboxylic acids is 1. The molecule has 0 aromatic heterocycles. The third-order valence-electron chi connectivity index (χ3n) is 3.80. The Morgan fingerprint density at radius 3 is 2.35 bits per heavy atom. The van der Waals surface area contributed by atoms with Crippen molar-refractivity contribution in [2.75, 3.05) is 7.11 Å². The molecular formula is C15H21NO4. The van der Waals surface area contributed by atoms with Crippen LogP contribution in [0.1, 0.15) is 37.3 Å². The summed E-state index contributed by atoms with van der Waals surface area (Å²) in [5.74, 6) is -0.181. The Balaban J connectivity index is 2.04. The molecule has 1 aromatic carbocycles. The fourth-order valence-corrected chi connectivity index (χ4v) is 2.58. The summed E-state index contributed by atoms with van der Waals surface area (Å²) < 4.78 is 5.08. The number of rotatable bonds is 5. The van der Waals surface area contributed by atoms with Crippen molar-refractivity contribution in [3.8, 4) is 5.75 Å². The molecule has 0 radical (unpaired) electrons. The molecule has 0 aliphatic heterocycles. The number of methoxy groups -OCH3 is 1. The van der Waals surface area contributed by atoms with Crippen LogP contribution in [0.3, 0.4) is 0 Å². The van der Waals surface area contributed by atoms with Gasteiger partial charge in [0.1, 0.15) is 11.8 Å². The van der Waals surface area contributed by atoms with Crippen LogP contribution in [0, 0.1) is 0 Å². The maximum absolute atomic E-state index is 11.4. The molecule has 0 saturated heterocycles. The molecule has 1 aliphatic carbocycles. The summed E-state index contributed by atoms with van der Waals surface area (Å²) in [5, 5.41) is 22.1. The highest BCUT2D eigenvalue weighted by Crippen LogP contribution is 2.23. The molecule has 0 amide bonds. The first-order chi connectivity index (χ1) is 9.60. The van der Waals surface area contributed by atoms with Crippen molar-refractivity contribution in [1.82, 2.24) is 5.32 Å². The molecule has 2 rings (SSSR count). The van der Waals surface area contributed by atoms with E-state index in [4.69, 9.17) is 4.74 Å². The Morgan fingerprint density at radius 1 is 1.25 bits per heavy atom. The van der Waals surface area contributed by atoms with Gasteiger partial charge in [-0.05, 0) is 43.4 Å². The Bertz CT molecular complexity index is 438. The maximum atomic E-state index is 11.4. The number of hydrogen-bond donors (Lipinski definition) is 3. The molecule has 1 fully saturated rings. The monoisotopic (exact) mass is 279 g/mol. The molecule has 5 heteroatoms. The number of aliphatic hydroxyl groups excluding tert-OH is 1. The van der Waals surface area contributed by atoms with Crippen molar-refractivity contribution in [3.05, 3.63) is 29.8 Å². The molecule has 1 atom stereocenters. The minimum atomic E-state index is -0.888. The summed E-state index contributed by atoms with van der Waals surface area (Å²) in [5.41, 5.74) is 0.712. The van der Waals surface area contributed by atoms with Crippen LogP contribution in [0.5, 0.6) is 5.75 Å². The van der Waals surface area contributed by atoms with Gasteiger partial charge in [-0.1, -0.05) is 12.1 Å². The van der Waals surface area contributed by atoms with E-state index in [9.17, 15) is 15.0 Å². The fraction of sp³-hybridized carbons (Fsp3) is 0.533. The molecule has 110 valence electrons. The number of benzene rings is 1. The molecule has 0 heterocycles. The van der Waals surface area contributed by atoms with Gasteiger partial charge in [-0.3, -0.25) is 10.1 Å². The molecule has 1 aromatic rings. The summed E-state index contributed by atoms with van der Waals surface area (Å²) in [7, 11) is 1.58. The van der Waals surface area contributed by atoms with Gasteiger partial charge in [-0.25, -0.2) is 0 Å². The fourth-order valence-electron chi connectivity index (χ4n) is 2.58. The Morgan fingerprint density at radius 2 is 1.85 bits per heavy atom. The van der Waals surface area contributed by atoms with E-state index >= 15 is 0 Å². The van der Waals surface area contributed by atoms with Crippen molar-refractivity contribution in [2.45, 2.75) is 43.9 Å². The van der Waals surface area contributed by atoms with Crippen molar-refractivity contribution < 1.29 is 19.7 Å². The minimum absolute atomic E-state index is 0.140. The molecule has 1 aliphatic rings. The highest BCUT2D eigenvalue weighted by Gasteiger charge is 2.26. The van der Waals surface area contributed by atoms with Gasteiger partial charge in [0, 0.05) is 6.04 Å². The number of carboxylic acid groups (broad SMARTS) is 1. The van der Waals surface area contributed by atoms with Gasteiger partial charge in [0.15, 0.2) is 0 Å². The number of aliphatic carboxylic acids is 1. The lowest BCUT2D eigenvalue weighted by atomic mass is 9.92. The third-order valence-corrected chi connectivity index (χ3v) is 3.80.